The Kier molecular flexibility index (Phi) is 14.1. The van der Waals surface area contributed by atoms with Crippen molar-refractivity contribution in [3.63, 3.8) is 0 Å². The van der Waals surface area contributed by atoms with Crippen LogP contribution < -0.4 is 10.1 Å². The van der Waals surface area contributed by atoms with Crippen molar-refractivity contribution in [2.75, 3.05) is 13.7 Å². The number of nitrogens with one attached hydrogen (secondary N) is 2. The molecular weight excluding hydrogens is 461 g/mol. The first-order valence-electron chi connectivity index (χ1n) is 11.2. The normalized spacial score (nSPS) is 13.6. The van der Waals surface area contributed by atoms with Crippen LogP contribution in [0, 0.1) is 5.82 Å². The summed E-state index contributed by atoms with van der Waals surface area (Å²) in [4.78, 5) is 0.446. The van der Waals surface area contributed by atoms with Gasteiger partial charge in [-0.15, -0.1) is 0 Å². The molecule has 2 N–H and O–H groups in total. The van der Waals surface area contributed by atoms with Crippen LogP contribution in [-0.2, 0) is 19.6 Å². The second-order valence-electron chi connectivity index (χ2n) is 7.60. The minimum absolute atomic E-state index is 0.345. The number of nitrogens with zero attached hydrogens (tertiary/aromatic N) is 1. The molecule has 0 unspecified atom stereocenters. The zero-order valence-corrected chi connectivity index (χ0v) is 21.9. The summed E-state index contributed by atoms with van der Waals surface area (Å²) in [7, 11) is -0.0563. The van der Waals surface area contributed by atoms with Crippen LogP contribution in [0.5, 0.6) is 0 Å². The van der Waals surface area contributed by atoms with E-state index in [1.807, 2.05) is 39.0 Å². The van der Waals surface area contributed by atoms with Gasteiger partial charge in [0.15, 0.2) is 0 Å². The predicted molar refractivity (Wildman–Crippen MR) is 148 cm³/mol. The first kappa shape index (κ1) is 29.9. The van der Waals surface area contributed by atoms with Gasteiger partial charge in [-0.2, -0.15) is 0 Å². The van der Waals surface area contributed by atoms with Crippen LogP contribution in [0.15, 0.2) is 107 Å². The number of benzene rings is 1. The molecule has 0 aromatic heterocycles. The van der Waals surface area contributed by atoms with Crippen molar-refractivity contribution >= 4 is 22.2 Å². The molecule has 7 heteroatoms. The second kappa shape index (κ2) is 16.5. The molecule has 0 aliphatic rings. The van der Waals surface area contributed by atoms with E-state index in [0.29, 0.717) is 34.9 Å². The van der Waals surface area contributed by atoms with Gasteiger partial charge in [0, 0.05) is 0 Å². The summed E-state index contributed by atoms with van der Waals surface area (Å²) in [5, 5.41) is 4.50. The third-order valence-corrected chi connectivity index (χ3v) is 5.87. The van der Waals surface area contributed by atoms with Crippen molar-refractivity contribution in [3.8, 4) is 0 Å². The van der Waals surface area contributed by atoms with E-state index in [-0.39, 0.29) is 5.82 Å². The van der Waals surface area contributed by atoms with E-state index in [1.165, 1.54) is 25.3 Å². The molecule has 0 saturated carbocycles. The third-order valence-electron chi connectivity index (χ3n) is 4.75. The number of allylic oxidation sites excluding steroid dienone is 7. The van der Waals surface area contributed by atoms with Crippen LogP contribution >= 0.6 is 0 Å². The van der Waals surface area contributed by atoms with Crippen molar-refractivity contribution < 1.29 is 13.2 Å². The molecule has 35 heavy (non-hydrogen) atoms. The fraction of sp³-hybridized carbons (Fsp3) is 0.250. The van der Waals surface area contributed by atoms with Gasteiger partial charge >= 0.3 is 212 Å². The second-order valence-corrected chi connectivity index (χ2v) is 8.86. The van der Waals surface area contributed by atoms with E-state index >= 15 is 0 Å². The molecule has 0 bridgehead atoms. The standard InChI is InChI=1S/C28H36FN3O2S/c1-8-11-12-15-21(4)20-30-35(33)28(27(10-3)34-7)18-22(5)26(14-9-2)32-31-23(6)24-16-13-17-25(29)19-24/h8,10-13,15-19,30-31H,1,3,6,9,14,20H2,2,4-5,7H3. The van der Waals surface area contributed by atoms with E-state index in [1.54, 1.807) is 24.3 Å². The number of methoxy groups -OCH3 is 1. The van der Waals surface area contributed by atoms with Crippen LogP contribution in [0.3, 0.4) is 0 Å². The van der Waals surface area contributed by atoms with Gasteiger partial charge < -0.3 is 0 Å². The van der Waals surface area contributed by atoms with E-state index in [0.717, 1.165) is 23.3 Å². The van der Waals surface area contributed by atoms with Crippen molar-refractivity contribution in [2.24, 2.45) is 5.10 Å². The Morgan fingerprint density at radius 3 is 2.60 bits per heavy atom. The van der Waals surface area contributed by atoms with Gasteiger partial charge in [0.25, 0.3) is 0 Å². The number of hydrogen-bond acceptors (Lipinski definition) is 5. The fourth-order valence-corrected chi connectivity index (χ4v) is 4.00. The van der Waals surface area contributed by atoms with Crippen molar-refractivity contribution in [1.29, 1.82) is 0 Å². The van der Waals surface area contributed by atoms with Gasteiger partial charge in [0.2, 0.25) is 0 Å². The molecule has 0 saturated heterocycles. The molecule has 0 aliphatic carbocycles. The molecule has 1 aromatic carbocycles. The van der Waals surface area contributed by atoms with Crippen molar-refractivity contribution in [1.82, 2.24) is 10.1 Å². The van der Waals surface area contributed by atoms with Crippen molar-refractivity contribution in [2.45, 2.75) is 33.6 Å². The summed E-state index contributed by atoms with van der Waals surface area (Å²) in [6.07, 6.45) is 12.1. The van der Waals surface area contributed by atoms with Gasteiger partial charge in [-0.1, -0.05) is 0 Å². The molecule has 0 radical (unpaired) electrons. The SMILES string of the molecule is C=CC=CC=C(C)CN[S-](#[O+])C(C=C(C)C(CCC)=NNC(=C)c1cccc(F)c1)=C(C=C)OC. The first-order valence-corrected chi connectivity index (χ1v) is 12.4. The number of rotatable bonds is 13. The van der Waals surface area contributed by atoms with E-state index in [2.05, 4.69) is 35.0 Å². The van der Waals surface area contributed by atoms with Crippen LogP contribution in [-0.4, -0.2) is 19.4 Å². The van der Waals surface area contributed by atoms with Crippen LogP contribution in [0.1, 0.15) is 39.2 Å². The van der Waals surface area contributed by atoms with E-state index in [9.17, 15) is 8.43 Å². The molecule has 0 amide bonds. The Morgan fingerprint density at radius 1 is 1.26 bits per heavy atom. The van der Waals surface area contributed by atoms with Crippen LogP contribution in [0.25, 0.3) is 5.70 Å². The zero-order valence-electron chi connectivity index (χ0n) is 21.1. The number of halogens is 1. The molecule has 1 aromatic rings. The Morgan fingerprint density at radius 2 is 2.00 bits per heavy atom. The van der Waals surface area contributed by atoms with Crippen LogP contribution in [0.2, 0.25) is 0 Å². The number of hydrogen-bond donors (Lipinski definition) is 2. The van der Waals surface area contributed by atoms with Gasteiger partial charge in [0.05, 0.1) is 0 Å². The number of hydrazone groups is 1. The molecule has 5 nitrogen and oxygen atoms in total. The molecular formula is C28H36FN3O2S. The fourth-order valence-electron chi connectivity index (χ4n) is 2.85. The summed E-state index contributed by atoms with van der Waals surface area (Å²) in [5.74, 6) is 0.0544. The quantitative estimate of drug-likeness (QED) is 0.0797. The Labute approximate surface area is 211 Å². The maximum absolute atomic E-state index is 13.5. The van der Waals surface area contributed by atoms with Crippen molar-refractivity contribution in [3.05, 3.63) is 114 Å². The Hall–Kier alpha value is -3.13. The van der Waals surface area contributed by atoms with E-state index in [4.69, 9.17) is 4.74 Å². The average Bonchev–Trinajstić information content (AvgIpc) is 2.85. The minimum atomic E-state index is -1.56. The van der Waals surface area contributed by atoms with Crippen LogP contribution in [0.4, 0.5) is 4.39 Å². The molecule has 1 rings (SSSR count). The summed E-state index contributed by atoms with van der Waals surface area (Å²) in [6.45, 7) is 17.7. The summed E-state index contributed by atoms with van der Waals surface area (Å²) in [6, 6.07) is 6.14. The third kappa shape index (κ3) is 10.8. The topological polar surface area (TPSA) is 65.5 Å². The monoisotopic (exact) mass is 497 g/mol. The van der Waals surface area contributed by atoms with Gasteiger partial charge in [0.1, 0.15) is 0 Å². The average molecular weight is 498 g/mol. The van der Waals surface area contributed by atoms with Gasteiger partial charge in [-0.05, 0) is 0 Å². The zero-order chi connectivity index (χ0) is 26.2. The Bertz CT molecular complexity index is 1130. The molecule has 188 valence electrons. The Balaban J connectivity index is 3.19. The van der Waals surface area contributed by atoms with Gasteiger partial charge in [-0.25, -0.2) is 0 Å². The molecule has 0 fully saturated rings. The summed E-state index contributed by atoms with van der Waals surface area (Å²) >= 11 is 0. The summed E-state index contributed by atoms with van der Waals surface area (Å²) in [5.41, 5.74) is 6.56. The van der Waals surface area contributed by atoms with E-state index < -0.39 is 10.8 Å². The molecule has 0 spiro atoms. The molecule has 0 aliphatic heterocycles. The predicted octanol–water partition coefficient (Wildman–Crippen LogP) is 6.69. The number of ether oxygens (including phenoxy) is 1. The van der Waals surface area contributed by atoms with Gasteiger partial charge in [-0.3, -0.25) is 0 Å². The summed E-state index contributed by atoms with van der Waals surface area (Å²) < 4.78 is 35.1. The first-order chi connectivity index (χ1) is 16.8. The molecule has 0 atom stereocenters. The molecule has 0 heterocycles. The maximum atomic E-state index is 13.5.